The molecule has 0 N–H and O–H groups in total. The van der Waals surface area contributed by atoms with Crippen LogP contribution in [0.3, 0.4) is 0 Å². The van der Waals surface area contributed by atoms with Gasteiger partial charge in [-0.1, -0.05) is 17.7 Å². The summed E-state index contributed by atoms with van der Waals surface area (Å²) >= 11 is 5.92. The number of benzene rings is 1. The highest BCUT2D eigenvalue weighted by atomic mass is 35.5. The summed E-state index contributed by atoms with van der Waals surface area (Å²) in [6.07, 6.45) is -0.498. The highest BCUT2D eigenvalue weighted by Gasteiger charge is 2.20. The first-order valence-corrected chi connectivity index (χ1v) is 6.59. The van der Waals surface area contributed by atoms with E-state index in [-0.39, 0.29) is 5.91 Å². The lowest BCUT2D eigenvalue weighted by molar-refractivity contribution is -0.137. The fraction of sp³-hybridized carbons (Fsp3) is 0.500. The predicted molar refractivity (Wildman–Crippen MR) is 74.2 cm³/mol. The molecule has 1 unspecified atom stereocenters. The van der Waals surface area contributed by atoms with Crippen LogP contribution in [0.4, 0.5) is 0 Å². The van der Waals surface area contributed by atoms with E-state index in [1.807, 2.05) is 26.8 Å². The quantitative estimate of drug-likeness (QED) is 0.821. The fourth-order valence-electron chi connectivity index (χ4n) is 1.73. The molecule has 1 aromatic carbocycles. The SMILES string of the molecule is CCN(CC)C(=O)C(C)Oc1cc(Cl)ccc1C. The van der Waals surface area contributed by atoms with Crippen molar-refractivity contribution in [1.82, 2.24) is 4.90 Å². The number of halogens is 1. The molecule has 0 fully saturated rings. The maximum atomic E-state index is 12.1. The molecule has 1 rings (SSSR count). The second-order valence-electron chi connectivity index (χ2n) is 4.18. The zero-order valence-corrected chi connectivity index (χ0v) is 12.1. The maximum Gasteiger partial charge on any atom is 0.263 e. The van der Waals surface area contributed by atoms with Crippen LogP contribution in [-0.4, -0.2) is 30.0 Å². The Hall–Kier alpha value is -1.22. The number of carbonyl (C=O) groups is 1. The van der Waals surface area contributed by atoms with E-state index in [0.29, 0.717) is 23.9 Å². The lowest BCUT2D eigenvalue weighted by Gasteiger charge is -2.24. The zero-order valence-electron chi connectivity index (χ0n) is 11.4. The lowest BCUT2D eigenvalue weighted by atomic mass is 10.2. The van der Waals surface area contributed by atoms with Crippen molar-refractivity contribution in [1.29, 1.82) is 0 Å². The van der Waals surface area contributed by atoms with Crippen molar-refractivity contribution >= 4 is 17.5 Å². The Bertz CT molecular complexity index is 416. The van der Waals surface area contributed by atoms with Gasteiger partial charge < -0.3 is 9.64 Å². The minimum atomic E-state index is -0.498. The third-order valence-electron chi connectivity index (χ3n) is 2.88. The highest BCUT2D eigenvalue weighted by Crippen LogP contribution is 2.23. The number of amides is 1. The van der Waals surface area contributed by atoms with E-state index in [4.69, 9.17) is 16.3 Å². The summed E-state index contributed by atoms with van der Waals surface area (Å²) in [7, 11) is 0. The summed E-state index contributed by atoms with van der Waals surface area (Å²) in [5.74, 6) is 0.662. The predicted octanol–water partition coefficient (Wildman–Crippen LogP) is 3.28. The second kappa shape index (κ2) is 6.64. The summed E-state index contributed by atoms with van der Waals surface area (Å²) in [5, 5.41) is 0.609. The highest BCUT2D eigenvalue weighted by molar-refractivity contribution is 6.30. The van der Waals surface area contributed by atoms with Gasteiger partial charge in [-0.2, -0.15) is 0 Å². The van der Waals surface area contributed by atoms with Crippen molar-refractivity contribution in [2.24, 2.45) is 0 Å². The van der Waals surface area contributed by atoms with E-state index >= 15 is 0 Å². The normalized spacial score (nSPS) is 12.1. The van der Waals surface area contributed by atoms with Gasteiger partial charge in [0.15, 0.2) is 6.10 Å². The van der Waals surface area contributed by atoms with Crippen LogP contribution in [-0.2, 0) is 4.79 Å². The summed E-state index contributed by atoms with van der Waals surface area (Å²) in [4.78, 5) is 13.8. The fourth-order valence-corrected chi connectivity index (χ4v) is 1.90. The number of rotatable bonds is 5. The number of nitrogens with zero attached hydrogens (tertiary/aromatic N) is 1. The molecule has 0 aliphatic heterocycles. The Morgan fingerprint density at radius 3 is 2.56 bits per heavy atom. The molecule has 4 heteroatoms. The van der Waals surface area contributed by atoms with E-state index in [1.54, 1.807) is 24.0 Å². The van der Waals surface area contributed by atoms with Gasteiger partial charge in [-0.05, 0) is 45.4 Å². The molecule has 0 saturated carbocycles. The van der Waals surface area contributed by atoms with Crippen LogP contribution in [0.15, 0.2) is 18.2 Å². The minimum Gasteiger partial charge on any atom is -0.481 e. The number of hydrogen-bond acceptors (Lipinski definition) is 2. The van der Waals surface area contributed by atoms with Crippen LogP contribution in [0, 0.1) is 6.92 Å². The Morgan fingerprint density at radius 1 is 1.39 bits per heavy atom. The molecule has 1 amide bonds. The maximum absolute atomic E-state index is 12.1. The van der Waals surface area contributed by atoms with Crippen molar-refractivity contribution in [3.8, 4) is 5.75 Å². The smallest absolute Gasteiger partial charge is 0.263 e. The monoisotopic (exact) mass is 269 g/mol. The lowest BCUT2D eigenvalue weighted by Crippen LogP contribution is -2.40. The topological polar surface area (TPSA) is 29.5 Å². The van der Waals surface area contributed by atoms with E-state index in [2.05, 4.69) is 0 Å². The zero-order chi connectivity index (χ0) is 13.7. The Labute approximate surface area is 114 Å². The van der Waals surface area contributed by atoms with Gasteiger partial charge in [0.2, 0.25) is 0 Å². The van der Waals surface area contributed by atoms with Gasteiger partial charge in [-0.15, -0.1) is 0 Å². The van der Waals surface area contributed by atoms with Gasteiger partial charge in [0.05, 0.1) is 0 Å². The van der Waals surface area contributed by atoms with Gasteiger partial charge in [0, 0.05) is 18.1 Å². The molecule has 0 aliphatic carbocycles. The molecule has 0 aromatic heterocycles. The van der Waals surface area contributed by atoms with Gasteiger partial charge in [-0.25, -0.2) is 0 Å². The first-order valence-electron chi connectivity index (χ1n) is 6.21. The molecule has 0 radical (unpaired) electrons. The van der Waals surface area contributed by atoms with Crippen LogP contribution in [0.1, 0.15) is 26.3 Å². The molecular formula is C14H20ClNO2. The van der Waals surface area contributed by atoms with Crippen molar-refractivity contribution in [3.63, 3.8) is 0 Å². The average Bonchev–Trinajstić information content (AvgIpc) is 2.35. The van der Waals surface area contributed by atoms with E-state index in [9.17, 15) is 4.79 Å². The van der Waals surface area contributed by atoms with Crippen LogP contribution in [0.2, 0.25) is 5.02 Å². The van der Waals surface area contributed by atoms with Crippen LogP contribution < -0.4 is 4.74 Å². The molecule has 0 saturated heterocycles. The molecule has 3 nitrogen and oxygen atoms in total. The van der Waals surface area contributed by atoms with Crippen LogP contribution in [0.5, 0.6) is 5.75 Å². The van der Waals surface area contributed by atoms with Crippen LogP contribution >= 0.6 is 11.6 Å². The number of likely N-dealkylation sites (N-methyl/N-ethyl adjacent to an activating group) is 1. The molecule has 18 heavy (non-hydrogen) atoms. The summed E-state index contributed by atoms with van der Waals surface area (Å²) < 4.78 is 5.70. The molecule has 0 bridgehead atoms. The molecule has 1 atom stereocenters. The third-order valence-corrected chi connectivity index (χ3v) is 3.11. The molecule has 0 spiro atoms. The number of hydrogen-bond donors (Lipinski definition) is 0. The van der Waals surface area contributed by atoms with Gasteiger partial charge >= 0.3 is 0 Å². The summed E-state index contributed by atoms with van der Waals surface area (Å²) in [5.41, 5.74) is 0.971. The molecular weight excluding hydrogens is 250 g/mol. The van der Waals surface area contributed by atoms with Crippen molar-refractivity contribution in [3.05, 3.63) is 28.8 Å². The minimum absolute atomic E-state index is 0.000578. The number of ether oxygens (including phenoxy) is 1. The molecule has 100 valence electrons. The molecule has 0 aliphatic rings. The van der Waals surface area contributed by atoms with E-state index < -0.39 is 6.10 Å². The van der Waals surface area contributed by atoms with E-state index in [1.165, 1.54) is 0 Å². The van der Waals surface area contributed by atoms with Gasteiger partial charge in [0.25, 0.3) is 5.91 Å². The first kappa shape index (κ1) is 14.8. The number of carbonyl (C=O) groups excluding carboxylic acids is 1. The van der Waals surface area contributed by atoms with Crippen molar-refractivity contribution in [2.75, 3.05) is 13.1 Å². The second-order valence-corrected chi connectivity index (χ2v) is 4.62. The number of aryl methyl sites for hydroxylation is 1. The first-order chi connectivity index (χ1) is 8.49. The molecule has 1 aromatic rings. The van der Waals surface area contributed by atoms with Crippen LogP contribution in [0.25, 0.3) is 0 Å². The standard InChI is InChI=1S/C14H20ClNO2/c1-5-16(6-2)14(17)11(4)18-13-9-12(15)8-7-10(13)3/h7-9,11H,5-6H2,1-4H3. The molecule has 0 heterocycles. The van der Waals surface area contributed by atoms with Crippen molar-refractivity contribution < 1.29 is 9.53 Å². The summed E-state index contributed by atoms with van der Waals surface area (Å²) in [6, 6.07) is 5.43. The van der Waals surface area contributed by atoms with Gasteiger partial charge in [0.1, 0.15) is 5.75 Å². The largest absolute Gasteiger partial charge is 0.481 e. The Balaban J connectivity index is 2.77. The van der Waals surface area contributed by atoms with E-state index in [0.717, 1.165) is 5.56 Å². The average molecular weight is 270 g/mol. The summed E-state index contributed by atoms with van der Waals surface area (Å²) in [6.45, 7) is 8.99. The Kier molecular flexibility index (Phi) is 5.48. The third kappa shape index (κ3) is 3.64. The van der Waals surface area contributed by atoms with Crippen molar-refractivity contribution in [2.45, 2.75) is 33.8 Å². The van der Waals surface area contributed by atoms with Gasteiger partial charge in [-0.3, -0.25) is 4.79 Å². The Morgan fingerprint density at radius 2 is 2.00 bits per heavy atom.